The molecule has 0 radical (unpaired) electrons. The minimum absolute atomic E-state index is 0.138. The number of amides is 3. The highest BCUT2D eigenvalue weighted by Crippen LogP contribution is 2.28. The molecule has 3 heterocycles. The van der Waals surface area contributed by atoms with Crippen molar-refractivity contribution in [3.05, 3.63) is 120 Å². The van der Waals surface area contributed by atoms with Gasteiger partial charge in [0.25, 0.3) is 11.8 Å². The van der Waals surface area contributed by atoms with E-state index in [-0.39, 0.29) is 17.9 Å². The summed E-state index contributed by atoms with van der Waals surface area (Å²) < 4.78 is 5.78. The Morgan fingerprint density at radius 2 is 1.41 bits per heavy atom. The van der Waals surface area contributed by atoms with Crippen LogP contribution in [0, 0.1) is 0 Å². The van der Waals surface area contributed by atoms with Gasteiger partial charge in [0.1, 0.15) is 6.10 Å². The van der Waals surface area contributed by atoms with Crippen LogP contribution in [0.25, 0.3) is 11.1 Å². The molecule has 0 spiro atoms. The number of carbonyl (C=O) groups excluding carboxylic acids is 3. The molecule has 3 aromatic carbocycles. The number of pyridine rings is 1. The van der Waals surface area contributed by atoms with Gasteiger partial charge >= 0.3 is 6.09 Å². The Bertz CT molecular complexity index is 1600. The van der Waals surface area contributed by atoms with Gasteiger partial charge in [-0.15, -0.1) is 0 Å². The van der Waals surface area contributed by atoms with Crippen LogP contribution in [0.4, 0.5) is 10.5 Å². The van der Waals surface area contributed by atoms with Gasteiger partial charge in [0.15, 0.2) is 0 Å². The Labute approximate surface area is 256 Å². The SMILES string of the molecule is O=C(Nc1ccccc1-c1ccccc1)OC1CCN(Cc2cccc(CNCCN3C(=O)c4ccccc4C3=O)n2)CC1. The van der Waals surface area contributed by atoms with Crippen molar-refractivity contribution >= 4 is 23.6 Å². The zero-order valence-corrected chi connectivity index (χ0v) is 24.4. The van der Waals surface area contributed by atoms with Gasteiger partial charge in [-0.05, 0) is 48.7 Å². The number of anilines is 1. The number of hydrogen-bond donors (Lipinski definition) is 2. The maximum absolute atomic E-state index is 12.7. The van der Waals surface area contributed by atoms with Crippen LogP contribution in [-0.2, 0) is 17.8 Å². The lowest BCUT2D eigenvalue weighted by Crippen LogP contribution is -2.38. The molecule has 4 aromatic rings. The highest BCUT2D eigenvalue weighted by Gasteiger charge is 2.34. The molecule has 2 aliphatic rings. The smallest absolute Gasteiger partial charge is 0.411 e. The van der Waals surface area contributed by atoms with Gasteiger partial charge in [0.2, 0.25) is 0 Å². The fourth-order valence-electron chi connectivity index (χ4n) is 5.73. The number of nitrogens with one attached hydrogen (secondary N) is 2. The van der Waals surface area contributed by atoms with E-state index in [0.717, 1.165) is 54.1 Å². The largest absolute Gasteiger partial charge is 0.446 e. The van der Waals surface area contributed by atoms with E-state index >= 15 is 0 Å². The molecule has 9 nitrogen and oxygen atoms in total. The van der Waals surface area contributed by atoms with Crippen molar-refractivity contribution in [3.63, 3.8) is 0 Å². The molecule has 224 valence electrons. The maximum atomic E-state index is 12.7. The average Bonchev–Trinajstić information content (AvgIpc) is 3.29. The third-order valence-electron chi connectivity index (χ3n) is 8.00. The average molecular weight is 590 g/mol. The van der Waals surface area contributed by atoms with E-state index in [0.29, 0.717) is 37.3 Å². The second-order valence-corrected chi connectivity index (χ2v) is 11.0. The Hall–Kier alpha value is -4.86. The first-order chi connectivity index (χ1) is 21.5. The lowest BCUT2D eigenvalue weighted by Gasteiger charge is -2.31. The topological polar surface area (TPSA) is 104 Å². The molecule has 2 aliphatic heterocycles. The summed E-state index contributed by atoms with van der Waals surface area (Å²) in [5.41, 5.74) is 5.52. The van der Waals surface area contributed by atoms with Crippen molar-refractivity contribution in [2.45, 2.75) is 32.0 Å². The molecule has 0 unspecified atom stereocenters. The number of para-hydroxylation sites is 1. The minimum Gasteiger partial charge on any atom is -0.446 e. The number of nitrogens with zero attached hydrogens (tertiary/aromatic N) is 3. The summed E-state index contributed by atoms with van der Waals surface area (Å²) in [6, 6.07) is 30.6. The molecule has 2 N–H and O–H groups in total. The molecular weight excluding hydrogens is 554 g/mol. The van der Waals surface area contributed by atoms with Crippen LogP contribution >= 0.6 is 0 Å². The van der Waals surface area contributed by atoms with Gasteiger partial charge < -0.3 is 10.1 Å². The molecule has 0 atom stereocenters. The molecule has 0 aliphatic carbocycles. The zero-order chi connectivity index (χ0) is 30.3. The quantitative estimate of drug-likeness (QED) is 0.190. The Morgan fingerprint density at radius 1 is 0.773 bits per heavy atom. The number of rotatable bonds is 10. The van der Waals surface area contributed by atoms with Crippen LogP contribution in [0.15, 0.2) is 97.1 Å². The van der Waals surface area contributed by atoms with E-state index in [9.17, 15) is 14.4 Å². The molecule has 9 heteroatoms. The number of likely N-dealkylation sites (tertiary alicyclic amines) is 1. The third-order valence-corrected chi connectivity index (χ3v) is 8.00. The van der Waals surface area contributed by atoms with Crippen LogP contribution < -0.4 is 10.6 Å². The summed E-state index contributed by atoms with van der Waals surface area (Å²) in [4.78, 5) is 46.3. The van der Waals surface area contributed by atoms with E-state index in [1.54, 1.807) is 24.3 Å². The van der Waals surface area contributed by atoms with Crippen molar-refractivity contribution in [1.29, 1.82) is 0 Å². The van der Waals surface area contributed by atoms with Gasteiger partial charge in [-0.1, -0.05) is 66.7 Å². The highest BCUT2D eigenvalue weighted by atomic mass is 16.6. The summed E-state index contributed by atoms with van der Waals surface area (Å²) >= 11 is 0. The minimum atomic E-state index is -0.434. The van der Waals surface area contributed by atoms with Crippen LogP contribution in [-0.4, -0.2) is 65.0 Å². The standard InChI is InChI=1S/C35H35N5O4/c41-33-30-14-4-5-15-31(30)34(42)40(33)22-19-36-23-26-11-8-12-27(37-26)24-39-20-17-28(18-21-39)44-35(43)38-32-16-7-6-13-29(32)25-9-2-1-3-10-25/h1-16,28,36H,17-24H2,(H,38,43). The first-order valence-electron chi connectivity index (χ1n) is 15.0. The summed E-state index contributed by atoms with van der Waals surface area (Å²) in [6.07, 6.45) is 0.942. The number of carbonyl (C=O) groups is 3. The van der Waals surface area contributed by atoms with Crippen LogP contribution in [0.2, 0.25) is 0 Å². The molecule has 0 bridgehead atoms. The number of imide groups is 1. The molecule has 3 amide bonds. The lowest BCUT2D eigenvalue weighted by atomic mass is 10.0. The first-order valence-corrected chi connectivity index (χ1v) is 15.0. The van der Waals surface area contributed by atoms with Crippen molar-refractivity contribution in [1.82, 2.24) is 20.1 Å². The summed E-state index contributed by atoms with van der Waals surface area (Å²) in [5.74, 6) is -0.480. The number of benzene rings is 3. The Kier molecular flexibility index (Phi) is 9.05. The Balaban J connectivity index is 0.929. The maximum Gasteiger partial charge on any atom is 0.411 e. The van der Waals surface area contributed by atoms with E-state index in [1.165, 1.54) is 4.90 Å². The predicted molar refractivity (Wildman–Crippen MR) is 168 cm³/mol. The zero-order valence-electron chi connectivity index (χ0n) is 24.4. The van der Waals surface area contributed by atoms with Gasteiger partial charge in [0.05, 0.1) is 28.2 Å². The second kappa shape index (κ2) is 13.6. The lowest BCUT2D eigenvalue weighted by molar-refractivity contribution is 0.0562. The van der Waals surface area contributed by atoms with Crippen LogP contribution in [0.5, 0.6) is 0 Å². The second-order valence-electron chi connectivity index (χ2n) is 11.0. The predicted octanol–water partition coefficient (Wildman–Crippen LogP) is 5.35. The first kappa shape index (κ1) is 29.2. The third kappa shape index (κ3) is 6.85. The number of aromatic nitrogens is 1. The number of fused-ring (bicyclic) bond motifs is 1. The normalized spacial score (nSPS) is 15.3. The van der Waals surface area contributed by atoms with E-state index in [2.05, 4.69) is 15.5 Å². The van der Waals surface area contributed by atoms with Gasteiger partial charge in [-0.2, -0.15) is 0 Å². The van der Waals surface area contributed by atoms with Gasteiger partial charge in [0, 0.05) is 44.8 Å². The highest BCUT2D eigenvalue weighted by molar-refractivity contribution is 6.21. The van der Waals surface area contributed by atoms with Gasteiger partial charge in [-0.3, -0.25) is 29.7 Å². The Morgan fingerprint density at radius 3 is 2.14 bits per heavy atom. The summed E-state index contributed by atoms with van der Waals surface area (Å²) in [5, 5.41) is 6.24. The van der Waals surface area contributed by atoms with E-state index in [4.69, 9.17) is 9.72 Å². The molecule has 6 rings (SSSR count). The molecule has 1 aromatic heterocycles. The molecular formula is C35H35N5O4. The van der Waals surface area contributed by atoms with E-state index in [1.807, 2.05) is 72.8 Å². The number of ether oxygens (including phenoxy) is 1. The summed E-state index contributed by atoms with van der Waals surface area (Å²) in [6.45, 7) is 3.66. The van der Waals surface area contributed by atoms with Crippen molar-refractivity contribution in [3.8, 4) is 11.1 Å². The van der Waals surface area contributed by atoms with Crippen LogP contribution in [0.3, 0.4) is 0 Å². The number of piperidine rings is 1. The van der Waals surface area contributed by atoms with Crippen molar-refractivity contribution < 1.29 is 19.1 Å². The van der Waals surface area contributed by atoms with E-state index < -0.39 is 6.09 Å². The summed E-state index contributed by atoms with van der Waals surface area (Å²) in [7, 11) is 0. The number of hydrogen-bond acceptors (Lipinski definition) is 7. The van der Waals surface area contributed by atoms with Crippen molar-refractivity contribution in [2.75, 3.05) is 31.5 Å². The fraction of sp³-hybridized carbons (Fsp3) is 0.257. The monoisotopic (exact) mass is 589 g/mol. The fourth-order valence-corrected chi connectivity index (χ4v) is 5.73. The molecule has 44 heavy (non-hydrogen) atoms. The molecule has 0 saturated carbocycles. The van der Waals surface area contributed by atoms with Crippen molar-refractivity contribution in [2.24, 2.45) is 0 Å². The molecule has 1 fully saturated rings. The van der Waals surface area contributed by atoms with Gasteiger partial charge in [-0.25, -0.2) is 4.79 Å². The molecule has 1 saturated heterocycles. The van der Waals surface area contributed by atoms with Crippen LogP contribution in [0.1, 0.15) is 44.9 Å².